The summed E-state index contributed by atoms with van der Waals surface area (Å²) in [5, 5.41) is 11.9. The Bertz CT molecular complexity index is 1630. The number of nitrogens with zero attached hydrogens (tertiary/aromatic N) is 4. The number of likely N-dealkylation sites (tertiary alicyclic amines) is 2. The van der Waals surface area contributed by atoms with E-state index in [0.717, 1.165) is 23.8 Å². The summed E-state index contributed by atoms with van der Waals surface area (Å²) in [6.07, 6.45) is 5.57. The molecule has 2 fully saturated rings. The van der Waals surface area contributed by atoms with E-state index in [4.69, 9.17) is 14.5 Å². The molecule has 0 radical (unpaired) electrons. The first-order chi connectivity index (χ1) is 19.9. The lowest BCUT2D eigenvalue weighted by Crippen LogP contribution is -2.48. The Morgan fingerprint density at radius 1 is 1.10 bits per heavy atom. The Balaban J connectivity index is 0.00000316. The van der Waals surface area contributed by atoms with Gasteiger partial charge in [-0.2, -0.15) is 0 Å². The quantitative estimate of drug-likeness (QED) is 0.355. The number of cyclic esters (lactones) is 1. The van der Waals surface area contributed by atoms with Crippen LogP contribution in [0.3, 0.4) is 0 Å². The van der Waals surface area contributed by atoms with Gasteiger partial charge in [0.25, 0.3) is 5.56 Å². The molecule has 2 saturated heterocycles. The van der Waals surface area contributed by atoms with E-state index in [1.807, 2.05) is 6.07 Å². The Hall–Kier alpha value is -3.47. The third-order valence-electron chi connectivity index (χ3n) is 9.31. The minimum absolute atomic E-state index is 0. The van der Waals surface area contributed by atoms with Crippen molar-refractivity contribution in [3.05, 3.63) is 57.4 Å². The van der Waals surface area contributed by atoms with Gasteiger partial charge >= 0.3 is 12.1 Å². The lowest BCUT2D eigenvalue weighted by molar-refractivity contribution is -0.172. The van der Waals surface area contributed by atoms with Gasteiger partial charge in [0.1, 0.15) is 12.4 Å². The van der Waals surface area contributed by atoms with Gasteiger partial charge in [0.2, 0.25) is 0 Å². The van der Waals surface area contributed by atoms with Crippen molar-refractivity contribution in [1.82, 2.24) is 19.4 Å². The summed E-state index contributed by atoms with van der Waals surface area (Å²) in [5.41, 5.74) is 1.17. The molecule has 1 atom stereocenters. The van der Waals surface area contributed by atoms with Crippen LogP contribution in [0, 0.1) is 0 Å². The van der Waals surface area contributed by atoms with Crippen LogP contribution in [0.2, 0.25) is 0 Å². The number of fused-ring (bicyclic) bond motifs is 5. The van der Waals surface area contributed by atoms with Gasteiger partial charge in [0.05, 0.1) is 29.0 Å². The maximum absolute atomic E-state index is 13.4. The molecule has 7 rings (SSSR count). The van der Waals surface area contributed by atoms with E-state index >= 15 is 0 Å². The van der Waals surface area contributed by atoms with Crippen LogP contribution >= 0.6 is 12.4 Å². The van der Waals surface area contributed by atoms with Crippen LogP contribution in [0.15, 0.2) is 35.1 Å². The molecule has 0 saturated carbocycles. The van der Waals surface area contributed by atoms with E-state index in [2.05, 4.69) is 4.90 Å². The molecular weight excluding hydrogens is 560 g/mol. The number of esters is 1. The molecule has 1 N–H and O–H groups in total. The van der Waals surface area contributed by atoms with Crippen LogP contribution in [0.4, 0.5) is 4.79 Å². The Kier molecular flexibility index (Phi) is 7.49. The maximum atomic E-state index is 13.4. The highest BCUT2D eigenvalue weighted by Gasteiger charge is 2.45. The Morgan fingerprint density at radius 3 is 2.60 bits per heavy atom. The fourth-order valence-corrected chi connectivity index (χ4v) is 6.89. The highest BCUT2D eigenvalue weighted by Crippen LogP contribution is 2.39. The van der Waals surface area contributed by atoms with E-state index in [1.54, 1.807) is 40.7 Å². The van der Waals surface area contributed by atoms with Crippen molar-refractivity contribution in [2.45, 2.75) is 70.2 Å². The van der Waals surface area contributed by atoms with Gasteiger partial charge < -0.3 is 28.9 Å². The number of halogens is 1. The summed E-state index contributed by atoms with van der Waals surface area (Å²) in [6.45, 7) is 5.57. The summed E-state index contributed by atoms with van der Waals surface area (Å²) in [4.78, 5) is 47.9. The van der Waals surface area contributed by atoms with E-state index in [1.165, 1.54) is 32.4 Å². The first kappa shape index (κ1) is 28.6. The number of aromatic nitrogens is 2. The second-order valence-electron chi connectivity index (χ2n) is 11.6. The molecule has 0 spiro atoms. The van der Waals surface area contributed by atoms with Gasteiger partial charge in [-0.25, -0.2) is 14.6 Å². The molecule has 0 aliphatic carbocycles. The largest absolute Gasteiger partial charge is 0.458 e. The van der Waals surface area contributed by atoms with Crippen molar-refractivity contribution in [2.24, 2.45) is 0 Å². The summed E-state index contributed by atoms with van der Waals surface area (Å²) in [5.74, 6) is -0.288. The zero-order valence-electron chi connectivity index (χ0n) is 23.6. The summed E-state index contributed by atoms with van der Waals surface area (Å²) < 4.78 is 12.5. The monoisotopic (exact) mass is 594 g/mol. The number of carbonyl (C=O) groups is 2. The van der Waals surface area contributed by atoms with Crippen LogP contribution in [0.5, 0.6) is 5.75 Å². The molecule has 0 bridgehead atoms. The number of aliphatic hydroxyl groups is 1. The van der Waals surface area contributed by atoms with Crippen LogP contribution in [-0.4, -0.2) is 68.7 Å². The lowest BCUT2D eigenvalue weighted by Gasteiger charge is -2.39. The molecule has 222 valence electrons. The van der Waals surface area contributed by atoms with E-state index in [0.29, 0.717) is 59.5 Å². The predicted molar refractivity (Wildman–Crippen MR) is 158 cm³/mol. The Morgan fingerprint density at radius 2 is 1.86 bits per heavy atom. The molecule has 10 nitrogen and oxygen atoms in total. The van der Waals surface area contributed by atoms with Crippen LogP contribution < -0.4 is 10.3 Å². The van der Waals surface area contributed by atoms with Gasteiger partial charge in [-0.05, 0) is 75.5 Å². The number of amides is 1. The summed E-state index contributed by atoms with van der Waals surface area (Å²) >= 11 is 0. The van der Waals surface area contributed by atoms with E-state index in [-0.39, 0.29) is 37.1 Å². The van der Waals surface area contributed by atoms with Crippen molar-refractivity contribution in [3.8, 4) is 17.1 Å². The number of hydrogen-bond donors (Lipinski definition) is 1. The molecule has 3 aromatic rings. The van der Waals surface area contributed by atoms with Crippen LogP contribution in [0.25, 0.3) is 22.3 Å². The predicted octanol–water partition coefficient (Wildman–Crippen LogP) is 3.95. The molecule has 1 amide bonds. The SMILES string of the molecule is CC[C@@]1(O)C(=O)OCc2c1cc1n(c2=O)Cc2cc3cc(OC(=O)N4CCC(N5CCCCC5)CC4)ccc3nc2-1.Cl. The molecule has 42 heavy (non-hydrogen) atoms. The van der Waals surface area contributed by atoms with Crippen molar-refractivity contribution >= 4 is 35.4 Å². The number of piperidine rings is 2. The second-order valence-corrected chi connectivity index (χ2v) is 11.6. The van der Waals surface area contributed by atoms with Crippen molar-refractivity contribution < 1.29 is 24.2 Å². The number of benzene rings is 1. The number of pyridine rings is 2. The topological polar surface area (TPSA) is 114 Å². The normalized spacial score (nSPS) is 22.1. The fraction of sp³-hybridized carbons (Fsp3) is 0.484. The molecule has 1 aromatic carbocycles. The third-order valence-corrected chi connectivity index (χ3v) is 9.31. The maximum Gasteiger partial charge on any atom is 0.415 e. The number of ether oxygens (including phenoxy) is 2. The highest BCUT2D eigenvalue weighted by atomic mass is 35.5. The molecular formula is C31H35ClN4O6. The minimum Gasteiger partial charge on any atom is -0.458 e. The molecule has 4 aliphatic heterocycles. The van der Waals surface area contributed by atoms with Gasteiger partial charge in [-0.3, -0.25) is 4.79 Å². The first-order valence-electron chi connectivity index (χ1n) is 14.7. The van der Waals surface area contributed by atoms with Gasteiger partial charge in [0.15, 0.2) is 5.60 Å². The average Bonchev–Trinajstić information content (AvgIpc) is 3.36. The fourth-order valence-electron chi connectivity index (χ4n) is 6.89. The zero-order valence-corrected chi connectivity index (χ0v) is 24.5. The highest BCUT2D eigenvalue weighted by molar-refractivity contribution is 5.87. The second kappa shape index (κ2) is 11.0. The smallest absolute Gasteiger partial charge is 0.415 e. The third kappa shape index (κ3) is 4.66. The van der Waals surface area contributed by atoms with Gasteiger partial charge in [-0.15, -0.1) is 12.4 Å². The van der Waals surface area contributed by atoms with E-state index < -0.39 is 11.6 Å². The number of rotatable bonds is 3. The van der Waals surface area contributed by atoms with Crippen LogP contribution in [-0.2, 0) is 28.3 Å². The van der Waals surface area contributed by atoms with Crippen molar-refractivity contribution in [3.63, 3.8) is 0 Å². The zero-order chi connectivity index (χ0) is 28.3. The molecule has 2 aromatic heterocycles. The van der Waals surface area contributed by atoms with E-state index in [9.17, 15) is 19.5 Å². The van der Waals surface area contributed by atoms with Gasteiger partial charge in [-0.1, -0.05) is 13.3 Å². The summed E-state index contributed by atoms with van der Waals surface area (Å²) in [6, 6.07) is 9.56. The minimum atomic E-state index is -1.86. The molecule has 4 aliphatic rings. The molecule has 0 unspecified atom stereocenters. The van der Waals surface area contributed by atoms with Gasteiger partial charge in [0, 0.05) is 35.6 Å². The van der Waals surface area contributed by atoms with Crippen LogP contribution in [0.1, 0.15) is 62.1 Å². The number of hydrogen-bond acceptors (Lipinski definition) is 8. The standard InChI is InChI=1S/C31H34N4O6.ClH/c1-2-31(39)24-16-26-27-20(17-35(26)28(36)23(24)18-40-29(31)37)14-19-15-22(6-7-25(19)32-27)41-30(38)34-12-8-21(9-13-34)33-10-4-3-5-11-33;/h6-7,14-16,21,39H,2-5,8-13,17-18H2,1H3;1H/t31-;/m0./s1. The average molecular weight is 595 g/mol. The first-order valence-corrected chi connectivity index (χ1v) is 14.7. The Labute approximate surface area is 249 Å². The summed E-state index contributed by atoms with van der Waals surface area (Å²) in [7, 11) is 0. The van der Waals surface area contributed by atoms with Crippen molar-refractivity contribution in [2.75, 3.05) is 26.2 Å². The molecule has 11 heteroatoms. The molecule has 6 heterocycles. The lowest BCUT2D eigenvalue weighted by atomic mass is 9.86. The number of carbonyl (C=O) groups excluding carboxylic acids is 2. The van der Waals surface area contributed by atoms with Crippen molar-refractivity contribution in [1.29, 1.82) is 0 Å².